The number of hydrogen-bond acceptors (Lipinski definition) is 4. The van der Waals surface area contributed by atoms with E-state index in [1.54, 1.807) is 30.3 Å². The topological polar surface area (TPSA) is 88.3 Å². The van der Waals surface area contributed by atoms with Crippen LogP contribution in [0.5, 0.6) is 5.75 Å². The molecule has 3 rings (SSSR count). The lowest BCUT2D eigenvalue weighted by molar-refractivity contribution is -0.111. The van der Waals surface area contributed by atoms with Crippen molar-refractivity contribution in [2.24, 2.45) is 0 Å². The number of H-pyrrole nitrogens is 1. The summed E-state index contributed by atoms with van der Waals surface area (Å²) in [4.78, 5) is 40.0. The van der Waals surface area contributed by atoms with Gasteiger partial charge in [-0.15, -0.1) is 0 Å². The Morgan fingerprint density at radius 2 is 1.89 bits per heavy atom. The van der Waals surface area contributed by atoms with Gasteiger partial charge in [-0.25, -0.2) is 0 Å². The highest BCUT2D eigenvalue weighted by atomic mass is 35.5. The molecule has 0 saturated heterocycles. The SMILES string of the molecule is COc1c(/C=C/C(=O)Nc2ccccc2)c(=O)c2ccc(Cl)cc2[nH]c1=O. The van der Waals surface area contributed by atoms with Gasteiger partial charge in [0.2, 0.25) is 5.91 Å². The summed E-state index contributed by atoms with van der Waals surface area (Å²) in [5.41, 5.74) is -0.197. The Labute approximate surface area is 159 Å². The number of methoxy groups -OCH3 is 1. The lowest BCUT2D eigenvalue weighted by Gasteiger charge is -2.01. The van der Waals surface area contributed by atoms with E-state index < -0.39 is 16.9 Å². The summed E-state index contributed by atoms with van der Waals surface area (Å²) < 4.78 is 5.11. The number of aromatic nitrogens is 1. The van der Waals surface area contributed by atoms with Crippen molar-refractivity contribution in [1.82, 2.24) is 4.98 Å². The summed E-state index contributed by atoms with van der Waals surface area (Å²) in [5.74, 6) is -0.631. The minimum Gasteiger partial charge on any atom is -0.491 e. The number of hydrogen-bond donors (Lipinski definition) is 2. The van der Waals surface area contributed by atoms with E-state index in [1.807, 2.05) is 6.07 Å². The van der Waals surface area contributed by atoms with Gasteiger partial charge >= 0.3 is 0 Å². The summed E-state index contributed by atoms with van der Waals surface area (Å²) in [6.07, 6.45) is 2.44. The van der Waals surface area contributed by atoms with Gasteiger partial charge in [0.1, 0.15) is 0 Å². The number of fused-ring (bicyclic) bond motifs is 1. The quantitative estimate of drug-likeness (QED) is 0.678. The number of halogens is 1. The van der Waals surface area contributed by atoms with Crippen LogP contribution in [-0.2, 0) is 4.79 Å². The number of rotatable bonds is 4. The van der Waals surface area contributed by atoms with Crippen molar-refractivity contribution in [2.45, 2.75) is 0 Å². The molecule has 1 amide bonds. The van der Waals surface area contributed by atoms with Crippen LogP contribution in [0.4, 0.5) is 5.69 Å². The molecule has 0 bridgehead atoms. The van der Waals surface area contributed by atoms with Crippen LogP contribution in [0.25, 0.3) is 17.0 Å². The third-order valence-corrected chi connectivity index (χ3v) is 4.05. The summed E-state index contributed by atoms with van der Waals surface area (Å²) in [5, 5.41) is 3.29. The standard InChI is InChI=1S/C20H15ClN2O4/c1-27-19-15(9-10-17(24)22-13-5-3-2-4-6-13)18(25)14-8-7-12(21)11-16(14)23-20(19)26/h2-11H,1H3,(H,22,24)(H,23,26)/b10-9+. The van der Waals surface area contributed by atoms with Gasteiger partial charge in [-0.1, -0.05) is 29.8 Å². The molecule has 0 aliphatic heterocycles. The first-order valence-electron chi connectivity index (χ1n) is 7.97. The largest absolute Gasteiger partial charge is 0.491 e. The number of amides is 1. The van der Waals surface area contributed by atoms with E-state index in [-0.39, 0.29) is 22.2 Å². The van der Waals surface area contributed by atoms with E-state index in [0.717, 1.165) is 0 Å². The first-order chi connectivity index (χ1) is 13.0. The monoisotopic (exact) mass is 382 g/mol. The Kier molecular flexibility index (Phi) is 5.38. The van der Waals surface area contributed by atoms with Crippen LogP contribution in [0.3, 0.4) is 0 Å². The number of benzene rings is 2. The number of carbonyl (C=O) groups excluding carboxylic acids is 1. The maximum absolute atomic E-state index is 12.9. The third kappa shape index (κ3) is 4.07. The second-order valence-corrected chi connectivity index (χ2v) is 6.05. The maximum atomic E-state index is 12.9. The molecule has 0 spiro atoms. The molecule has 0 atom stereocenters. The average molecular weight is 383 g/mol. The molecular weight excluding hydrogens is 368 g/mol. The summed E-state index contributed by atoms with van der Waals surface area (Å²) in [6, 6.07) is 13.4. The summed E-state index contributed by atoms with van der Waals surface area (Å²) in [6.45, 7) is 0. The Morgan fingerprint density at radius 3 is 2.59 bits per heavy atom. The minimum absolute atomic E-state index is 0.0284. The zero-order valence-electron chi connectivity index (χ0n) is 14.3. The third-order valence-electron chi connectivity index (χ3n) is 3.82. The fourth-order valence-corrected chi connectivity index (χ4v) is 2.76. The number of carbonyl (C=O) groups is 1. The molecule has 0 unspecified atom stereocenters. The lowest BCUT2D eigenvalue weighted by Crippen LogP contribution is -2.11. The van der Waals surface area contributed by atoms with Gasteiger partial charge < -0.3 is 15.0 Å². The van der Waals surface area contributed by atoms with Crippen molar-refractivity contribution in [2.75, 3.05) is 12.4 Å². The van der Waals surface area contributed by atoms with Gasteiger partial charge in [-0.3, -0.25) is 14.4 Å². The number of aromatic amines is 1. The van der Waals surface area contributed by atoms with Crippen molar-refractivity contribution in [1.29, 1.82) is 0 Å². The molecule has 0 aliphatic carbocycles. The van der Waals surface area contributed by atoms with Gasteiger partial charge in [-0.2, -0.15) is 0 Å². The molecule has 2 aromatic carbocycles. The lowest BCUT2D eigenvalue weighted by atomic mass is 10.1. The van der Waals surface area contributed by atoms with Gasteiger partial charge in [0.15, 0.2) is 11.2 Å². The summed E-state index contributed by atoms with van der Waals surface area (Å²) >= 11 is 5.94. The molecule has 27 heavy (non-hydrogen) atoms. The van der Waals surface area contributed by atoms with Crippen molar-refractivity contribution in [3.8, 4) is 5.75 Å². The smallest absolute Gasteiger partial charge is 0.291 e. The zero-order chi connectivity index (χ0) is 19.4. The van der Waals surface area contributed by atoms with Crippen LogP contribution in [0.2, 0.25) is 5.02 Å². The van der Waals surface area contributed by atoms with E-state index >= 15 is 0 Å². The number of nitrogens with one attached hydrogen (secondary N) is 2. The fourth-order valence-electron chi connectivity index (χ4n) is 2.59. The molecule has 0 saturated carbocycles. The second kappa shape index (κ2) is 7.88. The molecule has 6 nitrogen and oxygen atoms in total. The number of anilines is 1. The molecule has 0 radical (unpaired) electrons. The minimum atomic E-state index is -0.602. The van der Waals surface area contributed by atoms with Crippen LogP contribution < -0.4 is 21.0 Å². The van der Waals surface area contributed by atoms with Crippen molar-refractivity contribution < 1.29 is 9.53 Å². The fraction of sp³-hybridized carbons (Fsp3) is 0.0500. The number of ether oxygens (including phenoxy) is 1. The predicted molar refractivity (Wildman–Crippen MR) is 107 cm³/mol. The van der Waals surface area contributed by atoms with Crippen LogP contribution >= 0.6 is 11.6 Å². The Morgan fingerprint density at radius 1 is 1.15 bits per heavy atom. The van der Waals surface area contributed by atoms with E-state index in [9.17, 15) is 14.4 Å². The van der Waals surface area contributed by atoms with Crippen LogP contribution in [0.1, 0.15) is 5.56 Å². The van der Waals surface area contributed by atoms with Gasteiger partial charge in [0, 0.05) is 22.2 Å². The predicted octanol–water partition coefficient (Wildman–Crippen LogP) is 3.20. The normalized spacial score (nSPS) is 10.9. The molecular formula is C20H15ClN2O4. The van der Waals surface area contributed by atoms with Crippen LogP contribution in [0.15, 0.2) is 64.2 Å². The molecule has 1 heterocycles. The first kappa shape index (κ1) is 18.4. The van der Waals surface area contributed by atoms with Crippen molar-refractivity contribution in [3.63, 3.8) is 0 Å². The number of para-hydroxylation sites is 1. The summed E-state index contributed by atoms with van der Waals surface area (Å²) in [7, 11) is 1.28. The zero-order valence-corrected chi connectivity index (χ0v) is 15.0. The molecule has 2 N–H and O–H groups in total. The first-order valence-corrected chi connectivity index (χ1v) is 8.35. The molecule has 136 valence electrons. The van der Waals surface area contributed by atoms with Crippen LogP contribution in [0, 0.1) is 0 Å². The van der Waals surface area contributed by atoms with Crippen molar-refractivity contribution in [3.05, 3.63) is 85.8 Å². The average Bonchev–Trinajstić information content (AvgIpc) is 2.74. The molecule has 7 heteroatoms. The Hall–Kier alpha value is -3.38. The molecule has 1 aromatic heterocycles. The Bertz CT molecular complexity index is 1150. The highest BCUT2D eigenvalue weighted by Crippen LogP contribution is 2.17. The Balaban J connectivity index is 2.09. The highest BCUT2D eigenvalue weighted by Gasteiger charge is 2.12. The molecule has 3 aromatic rings. The molecule has 0 fully saturated rings. The van der Waals surface area contributed by atoms with E-state index in [4.69, 9.17) is 16.3 Å². The maximum Gasteiger partial charge on any atom is 0.291 e. The van der Waals surface area contributed by atoms with Crippen molar-refractivity contribution >= 4 is 40.2 Å². The van der Waals surface area contributed by atoms with E-state index in [1.165, 1.54) is 31.4 Å². The van der Waals surface area contributed by atoms with Gasteiger partial charge in [0.05, 0.1) is 18.2 Å². The van der Waals surface area contributed by atoms with E-state index in [2.05, 4.69) is 10.3 Å². The van der Waals surface area contributed by atoms with E-state index in [0.29, 0.717) is 10.7 Å². The highest BCUT2D eigenvalue weighted by molar-refractivity contribution is 6.31. The molecule has 0 aliphatic rings. The van der Waals surface area contributed by atoms with Crippen LogP contribution in [-0.4, -0.2) is 18.0 Å². The van der Waals surface area contributed by atoms with Gasteiger partial charge in [-0.05, 0) is 36.4 Å². The second-order valence-electron chi connectivity index (χ2n) is 5.61. The van der Waals surface area contributed by atoms with Gasteiger partial charge in [0.25, 0.3) is 5.56 Å².